The second kappa shape index (κ2) is 9.65. The van der Waals surface area contributed by atoms with Crippen LogP contribution in [0.25, 0.3) is 16.9 Å². The second-order valence-corrected chi connectivity index (χ2v) is 9.17. The molecule has 0 amide bonds. The lowest BCUT2D eigenvalue weighted by Gasteiger charge is -2.34. The topological polar surface area (TPSA) is 70.8 Å². The minimum Gasteiger partial charge on any atom is -0.383 e. The normalized spacial score (nSPS) is 16.4. The van der Waals surface area contributed by atoms with Gasteiger partial charge in [-0.3, -0.25) is 0 Å². The van der Waals surface area contributed by atoms with Crippen molar-refractivity contribution in [3.63, 3.8) is 0 Å². The minimum atomic E-state index is -0.255. The average molecular weight is 482 g/mol. The maximum absolute atomic E-state index is 13.3. The highest BCUT2D eigenvalue weighted by Gasteiger charge is 2.23. The summed E-state index contributed by atoms with van der Waals surface area (Å²) in [5, 5.41) is 11.3. The molecule has 1 fully saturated rings. The van der Waals surface area contributed by atoms with Crippen LogP contribution in [0.3, 0.4) is 0 Å². The van der Waals surface area contributed by atoms with Gasteiger partial charge in [-0.05, 0) is 42.8 Å². The molecular weight excluding hydrogens is 453 g/mol. The molecule has 5 rings (SSSR count). The molecule has 8 nitrogen and oxygen atoms in total. The molecular formula is C24H28FN7OS. The molecule has 0 saturated carbocycles. The highest BCUT2D eigenvalue weighted by molar-refractivity contribution is 7.14. The van der Waals surface area contributed by atoms with Gasteiger partial charge < -0.3 is 19.9 Å². The van der Waals surface area contributed by atoms with Crippen LogP contribution in [0.1, 0.15) is 12.6 Å². The third kappa shape index (κ3) is 4.36. The zero-order valence-electron chi connectivity index (χ0n) is 19.5. The summed E-state index contributed by atoms with van der Waals surface area (Å²) in [5.41, 5.74) is 3.47. The number of ether oxygens (including phenoxy) is 1. The average Bonchev–Trinajstić information content (AvgIpc) is 3.49. The molecule has 1 saturated heterocycles. The van der Waals surface area contributed by atoms with Crippen LogP contribution in [0, 0.1) is 5.82 Å². The molecule has 0 radical (unpaired) electrons. The summed E-state index contributed by atoms with van der Waals surface area (Å²) in [6, 6.07) is 10.7. The number of fused-ring (bicyclic) bond motifs is 1. The summed E-state index contributed by atoms with van der Waals surface area (Å²) in [6.07, 6.45) is 0.776. The van der Waals surface area contributed by atoms with Crippen LogP contribution in [-0.2, 0) is 11.2 Å². The quantitative estimate of drug-likeness (QED) is 0.431. The van der Waals surface area contributed by atoms with Crippen LogP contribution in [0.5, 0.6) is 0 Å². The first-order valence-corrected chi connectivity index (χ1v) is 12.3. The van der Waals surface area contributed by atoms with Crippen molar-refractivity contribution in [2.24, 2.45) is 0 Å². The maximum Gasteiger partial charge on any atom is 0.191 e. The van der Waals surface area contributed by atoms with Crippen molar-refractivity contribution in [2.45, 2.75) is 19.4 Å². The number of methoxy groups -OCH3 is 1. The van der Waals surface area contributed by atoms with E-state index in [4.69, 9.17) is 19.8 Å². The third-order valence-corrected chi connectivity index (χ3v) is 6.95. The van der Waals surface area contributed by atoms with Gasteiger partial charge in [0.05, 0.1) is 18.0 Å². The van der Waals surface area contributed by atoms with Gasteiger partial charge in [0.15, 0.2) is 16.6 Å². The number of hydrogen-bond acceptors (Lipinski definition) is 8. The van der Waals surface area contributed by atoms with Crippen molar-refractivity contribution < 1.29 is 9.13 Å². The Labute approximate surface area is 202 Å². The molecule has 34 heavy (non-hydrogen) atoms. The number of hydrogen-bond donors (Lipinski definition) is 1. The number of benzene rings is 1. The standard InChI is InChI=1S/C24H28FN7OS/c1-4-19-23(30(2)24-28-20(15-34-24)16-5-7-17(25)8-6-16)32-21(27-19)9-10-22(29-32)31-12-11-26-18(13-31)14-33-3/h5-10,15,18,26H,4,11-14H2,1-3H3/t18-/m0/s1. The van der Waals surface area contributed by atoms with E-state index in [1.807, 2.05) is 34.0 Å². The molecule has 1 atom stereocenters. The summed E-state index contributed by atoms with van der Waals surface area (Å²) < 4.78 is 20.6. The Balaban J connectivity index is 1.48. The van der Waals surface area contributed by atoms with E-state index in [0.717, 1.165) is 65.4 Å². The lowest BCUT2D eigenvalue weighted by atomic mass is 10.2. The van der Waals surface area contributed by atoms with Crippen molar-refractivity contribution in [1.29, 1.82) is 0 Å². The molecule has 0 aliphatic carbocycles. The number of halogens is 1. The Bertz CT molecular complexity index is 1270. The second-order valence-electron chi connectivity index (χ2n) is 8.33. The zero-order valence-corrected chi connectivity index (χ0v) is 20.3. The molecule has 0 unspecified atom stereocenters. The Morgan fingerprint density at radius 3 is 2.79 bits per heavy atom. The van der Waals surface area contributed by atoms with Gasteiger partial charge >= 0.3 is 0 Å². The molecule has 178 valence electrons. The number of anilines is 3. The molecule has 4 aromatic rings. The Morgan fingerprint density at radius 2 is 2.03 bits per heavy atom. The first-order valence-electron chi connectivity index (χ1n) is 11.4. The zero-order chi connectivity index (χ0) is 23.7. The van der Waals surface area contributed by atoms with Gasteiger partial charge in [0, 0.05) is 50.8 Å². The van der Waals surface area contributed by atoms with Gasteiger partial charge in [0.25, 0.3) is 0 Å². The molecule has 1 N–H and O–H groups in total. The van der Waals surface area contributed by atoms with Crippen molar-refractivity contribution in [3.8, 4) is 11.3 Å². The predicted octanol–water partition coefficient (Wildman–Crippen LogP) is 3.75. The van der Waals surface area contributed by atoms with Gasteiger partial charge in [-0.2, -0.15) is 4.52 Å². The van der Waals surface area contributed by atoms with Gasteiger partial charge in [-0.15, -0.1) is 16.4 Å². The van der Waals surface area contributed by atoms with E-state index in [-0.39, 0.29) is 11.9 Å². The number of rotatable bonds is 7. The Hall–Kier alpha value is -3.08. The summed E-state index contributed by atoms with van der Waals surface area (Å²) >= 11 is 1.54. The van der Waals surface area contributed by atoms with Crippen molar-refractivity contribution in [2.75, 3.05) is 50.2 Å². The number of thiazole rings is 1. The largest absolute Gasteiger partial charge is 0.383 e. The van der Waals surface area contributed by atoms with E-state index in [1.54, 1.807) is 30.6 Å². The van der Waals surface area contributed by atoms with Crippen molar-refractivity contribution >= 4 is 33.8 Å². The van der Waals surface area contributed by atoms with Crippen LogP contribution in [-0.4, -0.2) is 66.0 Å². The molecule has 1 aliphatic heterocycles. The maximum atomic E-state index is 13.3. The fourth-order valence-electron chi connectivity index (χ4n) is 4.31. The predicted molar refractivity (Wildman–Crippen MR) is 134 cm³/mol. The van der Waals surface area contributed by atoms with Crippen LogP contribution >= 0.6 is 11.3 Å². The highest BCUT2D eigenvalue weighted by atomic mass is 32.1. The number of nitrogens with one attached hydrogen (secondary N) is 1. The van der Waals surface area contributed by atoms with Gasteiger partial charge in [0.2, 0.25) is 0 Å². The van der Waals surface area contributed by atoms with E-state index < -0.39 is 0 Å². The third-order valence-electron chi connectivity index (χ3n) is 6.03. The smallest absolute Gasteiger partial charge is 0.191 e. The molecule has 3 aromatic heterocycles. The van der Waals surface area contributed by atoms with E-state index in [0.29, 0.717) is 6.61 Å². The molecule has 0 spiro atoms. The summed E-state index contributed by atoms with van der Waals surface area (Å²) in [5.74, 6) is 1.56. The van der Waals surface area contributed by atoms with Crippen LogP contribution in [0.4, 0.5) is 21.2 Å². The fraction of sp³-hybridized carbons (Fsp3) is 0.375. The number of imidazole rings is 1. The van der Waals surface area contributed by atoms with Gasteiger partial charge in [-0.25, -0.2) is 14.4 Å². The first-order chi connectivity index (χ1) is 16.6. The molecule has 10 heteroatoms. The first kappa shape index (κ1) is 22.7. The monoisotopic (exact) mass is 481 g/mol. The Kier molecular flexibility index (Phi) is 6.44. The number of aryl methyl sites for hydroxylation is 1. The van der Waals surface area contributed by atoms with Gasteiger partial charge in [0.1, 0.15) is 11.6 Å². The lowest BCUT2D eigenvalue weighted by molar-refractivity contribution is 0.163. The SMILES string of the molecule is CCc1nc2ccc(N3CCN[C@H](COC)C3)nn2c1N(C)c1nc(-c2ccc(F)cc2)cs1. The highest BCUT2D eigenvalue weighted by Crippen LogP contribution is 2.33. The number of nitrogens with zero attached hydrogens (tertiary/aromatic N) is 6. The summed E-state index contributed by atoms with van der Waals surface area (Å²) in [4.78, 5) is 14.0. The Morgan fingerprint density at radius 1 is 1.21 bits per heavy atom. The van der Waals surface area contributed by atoms with Crippen molar-refractivity contribution in [3.05, 3.63) is 53.3 Å². The van der Waals surface area contributed by atoms with Crippen LogP contribution < -0.4 is 15.1 Å². The van der Waals surface area contributed by atoms with Gasteiger partial charge in [-0.1, -0.05) is 6.92 Å². The molecule has 0 bridgehead atoms. The van der Waals surface area contributed by atoms with E-state index in [1.165, 1.54) is 12.1 Å². The molecule has 1 aliphatic rings. The molecule has 4 heterocycles. The summed E-state index contributed by atoms with van der Waals surface area (Å²) in [6.45, 7) is 5.36. The van der Waals surface area contributed by atoms with Crippen molar-refractivity contribution in [1.82, 2.24) is 24.9 Å². The van der Waals surface area contributed by atoms with E-state index in [2.05, 4.69) is 17.1 Å². The summed E-state index contributed by atoms with van der Waals surface area (Å²) in [7, 11) is 3.72. The van der Waals surface area contributed by atoms with E-state index >= 15 is 0 Å². The van der Waals surface area contributed by atoms with Crippen LogP contribution in [0.15, 0.2) is 41.8 Å². The van der Waals surface area contributed by atoms with Crippen LogP contribution in [0.2, 0.25) is 0 Å². The minimum absolute atomic E-state index is 0.255. The number of piperazine rings is 1. The number of aromatic nitrogens is 4. The lowest BCUT2D eigenvalue weighted by Crippen LogP contribution is -2.52. The fourth-order valence-corrected chi connectivity index (χ4v) is 5.11. The molecule has 1 aromatic carbocycles. The van der Waals surface area contributed by atoms with E-state index in [9.17, 15) is 4.39 Å².